The molecule has 1 amide bonds. The second-order valence-electron chi connectivity index (χ2n) is 5.98. The van der Waals surface area contributed by atoms with E-state index < -0.39 is 0 Å². The van der Waals surface area contributed by atoms with Gasteiger partial charge in [0.05, 0.1) is 12.0 Å². The Morgan fingerprint density at radius 3 is 2.70 bits per heavy atom. The lowest BCUT2D eigenvalue weighted by Crippen LogP contribution is -2.43. The van der Waals surface area contributed by atoms with E-state index >= 15 is 0 Å². The second kappa shape index (κ2) is 7.47. The van der Waals surface area contributed by atoms with Crippen LogP contribution in [0.15, 0.2) is 41.8 Å². The van der Waals surface area contributed by atoms with E-state index in [1.54, 1.807) is 11.3 Å². The van der Waals surface area contributed by atoms with E-state index in [1.165, 1.54) is 10.4 Å². The van der Waals surface area contributed by atoms with Crippen molar-refractivity contribution in [3.05, 3.63) is 57.8 Å². The van der Waals surface area contributed by atoms with Gasteiger partial charge in [-0.25, -0.2) is 0 Å². The Hall–Kier alpha value is -1.36. The van der Waals surface area contributed by atoms with Gasteiger partial charge in [-0.3, -0.25) is 4.79 Å². The van der Waals surface area contributed by atoms with E-state index in [0.29, 0.717) is 0 Å². The summed E-state index contributed by atoms with van der Waals surface area (Å²) < 4.78 is 0. The van der Waals surface area contributed by atoms with Gasteiger partial charge >= 0.3 is 0 Å². The number of hydrogen-bond donors (Lipinski definition) is 1. The molecule has 23 heavy (non-hydrogen) atoms. The number of carbonyl (C=O) groups is 1. The lowest BCUT2D eigenvalue weighted by Gasteiger charge is -2.36. The third kappa shape index (κ3) is 3.44. The Labute approximate surface area is 147 Å². The number of halogens is 1. The Bertz CT molecular complexity index is 658. The van der Waals surface area contributed by atoms with Gasteiger partial charge in [0.15, 0.2) is 0 Å². The number of thiophene rings is 1. The molecule has 3 atom stereocenters. The summed E-state index contributed by atoms with van der Waals surface area (Å²) in [6, 6.07) is 11.9. The first-order chi connectivity index (χ1) is 10.6. The quantitative estimate of drug-likeness (QED) is 0.910. The molecule has 0 radical (unpaired) electrons. The van der Waals surface area contributed by atoms with Crippen LogP contribution in [0.2, 0.25) is 0 Å². The minimum atomic E-state index is -0.259. The topological polar surface area (TPSA) is 46.3 Å². The number of nitrogens with two attached hydrogens (primary N) is 1. The first kappa shape index (κ1) is 18.0. The van der Waals surface area contributed by atoms with Crippen LogP contribution in [0, 0.1) is 5.92 Å². The Kier molecular flexibility index (Phi) is 5.84. The van der Waals surface area contributed by atoms with Crippen LogP contribution < -0.4 is 5.73 Å². The summed E-state index contributed by atoms with van der Waals surface area (Å²) in [4.78, 5) is 16.3. The van der Waals surface area contributed by atoms with E-state index in [-0.39, 0.29) is 36.3 Å². The average Bonchev–Trinajstić information content (AvgIpc) is 3.03. The first-order valence-electron chi connectivity index (χ1n) is 7.77. The van der Waals surface area contributed by atoms with Crippen LogP contribution in [0.1, 0.15) is 41.9 Å². The van der Waals surface area contributed by atoms with E-state index in [1.807, 2.05) is 42.2 Å². The molecule has 124 valence electrons. The minimum Gasteiger partial charge on any atom is -0.335 e. The number of carbonyl (C=O) groups excluding carboxylic acids is 1. The van der Waals surface area contributed by atoms with E-state index in [4.69, 9.17) is 5.73 Å². The van der Waals surface area contributed by atoms with Gasteiger partial charge in [-0.15, -0.1) is 23.7 Å². The van der Waals surface area contributed by atoms with Crippen LogP contribution >= 0.6 is 23.7 Å². The molecular weight excluding hydrogens is 328 g/mol. The fourth-order valence-electron chi connectivity index (χ4n) is 3.19. The molecule has 1 aliphatic rings. The van der Waals surface area contributed by atoms with Gasteiger partial charge in [-0.2, -0.15) is 0 Å². The fourth-order valence-corrected chi connectivity index (χ4v) is 4.15. The number of nitrogens with zero attached hydrogens (tertiary/aromatic N) is 1. The van der Waals surface area contributed by atoms with Crippen molar-refractivity contribution in [2.75, 3.05) is 6.54 Å². The molecule has 0 aliphatic carbocycles. The van der Waals surface area contributed by atoms with Gasteiger partial charge in [0.2, 0.25) is 5.91 Å². The predicted octanol–water partition coefficient (Wildman–Crippen LogP) is 3.95. The average molecular weight is 351 g/mol. The molecule has 0 fully saturated rings. The highest BCUT2D eigenvalue weighted by molar-refractivity contribution is 7.10. The standard InChI is InChI=1S/C18H22N2OS.ClH/c1-12(17(19)14-6-4-3-5-7-14)18(21)20-10-8-16-15(13(20)2)9-11-22-16;/h3-7,9,11-13,17H,8,10,19H2,1-2H3;1H. The van der Waals surface area contributed by atoms with Gasteiger partial charge < -0.3 is 10.6 Å². The summed E-state index contributed by atoms with van der Waals surface area (Å²) in [6.07, 6.45) is 0.955. The molecular formula is C18H23ClN2OS. The first-order valence-corrected chi connectivity index (χ1v) is 8.65. The van der Waals surface area contributed by atoms with Crippen LogP contribution in [-0.2, 0) is 11.2 Å². The van der Waals surface area contributed by atoms with Crippen LogP contribution in [0.4, 0.5) is 0 Å². The molecule has 0 saturated heterocycles. The summed E-state index contributed by atoms with van der Waals surface area (Å²) in [5.41, 5.74) is 8.63. The number of benzene rings is 1. The third-order valence-corrected chi connectivity index (χ3v) is 5.67. The van der Waals surface area contributed by atoms with Crippen molar-refractivity contribution in [3.8, 4) is 0 Å². The largest absolute Gasteiger partial charge is 0.335 e. The Morgan fingerprint density at radius 2 is 2.00 bits per heavy atom. The molecule has 2 aromatic rings. The number of rotatable bonds is 3. The minimum absolute atomic E-state index is 0. The number of amides is 1. The summed E-state index contributed by atoms with van der Waals surface area (Å²) in [5, 5.41) is 2.12. The molecule has 1 aliphatic heterocycles. The van der Waals surface area contributed by atoms with Gasteiger partial charge in [-0.05, 0) is 35.9 Å². The number of hydrogen-bond acceptors (Lipinski definition) is 3. The second-order valence-corrected chi connectivity index (χ2v) is 6.98. The van der Waals surface area contributed by atoms with Crippen molar-refractivity contribution in [3.63, 3.8) is 0 Å². The summed E-state index contributed by atoms with van der Waals surface area (Å²) in [6.45, 7) is 4.85. The van der Waals surface area contributed by atoms with Crippen molar-refractivity contribution in [2.24, 2.45) is 11.7 Å². The predicted molar refractivity (Wildman–Crippen MR) is 97.9 cm³/mol. The summed E-state index contributed by atoms with van der Waals surface area (Å²) in [5.74, 6) is -0.0641. The van der Waals surface area contributed by atoms with Crippen LogP contribution in [0.5, 0.6) is 0 Å². The van der Waals surface area contributed by atoms with E-state index in [0.717, 1.165) is 18.5 Å². The molecule has 1 aromatic carbocycles. The van der Waals surface area contributed by atoms with Crippen LogP contribution in [0.25, 0.3) is 0 Å². The molecule has 2 heterocycles. The normalized spacial score (nSPS) is 19.4. The molecule has 0 spiro atoms. The van der Waals surface area contributed by atoms with Gasteiger partial charge in [-0.1, -0.05) is 37.3 Å². The van der Waals surface area contributed by atoms with Crippen molar-refractivity contribution in [1.82, 2.24) is 4.90 Å². The van der Waals surface area contributed by atoms with Crippen molar-refractivity contribution < 1.29 is 4.79 Å². The molecule has 5 heteroatoms. The Morgan fingerprint density at radius 1 is 1.30 bits per heavy atom. The summed E-state index contributed by atoms with van der Waals surface area (Å²) >= 11 is 1.79. The summed E-state index contributed by atoms with van der Waals surface area (Å²) in [7, 11) is 0. The lowest BCUT2D eigenvalue weighted by atomic mass is 9.92. The highest BCUT2D eigenvalue weighted by atomic mass is 35.5. The molecule has 3 rings (SSSR count). The molecule has 0 bridgehead atoms. The van der Waals surface area contributed by atoms with E-state index in [9.17, 15) is 4.79 Å². The van der Waals surface area contributed by atoms with Gasteiger partial charge in [0.25, 0.3) is 0 Å². The molecule has 3 nitrogen and oxygen atoms in total. The third-order valence-electron chi connectivity index (χ3n) is 4.67. The van der Waals surface area contributed by atoms with Crippen molar-refractivity contribution in [1.29, 1.82) is 0 Å². The van der Waals surface area contributed by atoms with Gasteiger partial charge in [0.1, 0.15) is 0 Å². The highest BCUT2D eigenvalue weighted by Gasteiger charge is 2.33. The maximum Gasteiger partial charge on any atom is 0.227 e. The monoisotopic (exact) mass is 350 g/mol. The molecule has 1 aromatic heterocycles. The number of fused-ring (bicyclic) bond motifs is 1. The zero-order valence-electron chi connectivity index (χ0n) is 13.4. The maximum atomic E-state index is 12.9. The highest BCUT2D eigenvalue weighted by Crippen LogP contribution is 2.34. The lowest BCUT2D eigenvalue weighted by molar-refractivity contribution is -0.138. The SMILES string of the molecule is CC(C(=O)N1CCc2sccc2C1C)C(N)c1ccccc1.Cl. The van der Waals surface area contributed by atoms with Crippen molar-refractivity contribution in [2.45, 2.75) is 32.4 Å². The zero-order valence-corrected chi connectivity index (χ0v) is 15.1. The fraction of sp³-hybridized carbons (Fsp3) is 0.389. The van der Waals surface area contributed by atoms with E-state index in [2.05, 4.69) is 18.4 Å². The van der Waals surface area contributed by atoms with Crippen LogP contribution in [-0.4, -0.2) is 17.4 Å². The van der Waals surface area contributed by atoms with Crippen LogP contribution in [0.3, 0.4) is 0 Å². The molecule has 0 saturated carbocycles. The maximum absolute atomic E-state index is 12.9. The van der Waals surface area contributed by atoms with Gasteiger partial charge in [0, 0.05) is 17.5 Å². The Balaban J connectivity index is 0.00000192. The molecule has 2 N–H and O–H groups in total. The van der Waals surface area contributed by atoms with Crippen molar-refractivity contribution >= 4 is 29.7 Å². The molecule has 3 unspecified atom stereocenters. The smallest absolute Gasteiger partial charge is 0.227 e. The zero-order chi connectivity index (χ0) is 15.7.